The maximum atomic E-state index is 12.4. The summed E-state index contributed by atoms with van der Waals surface area (Å²) in [5, 5.41) is 18.3. The van der Waals surface area contributed by atoms with Crippen molar-refractivity contribution in [3.05, 3.63) is 108 Å². The molecule has 0 N–H and O–H groups in total. The van der Waals surface area contributed by atoms with Crippen LogP contribution in [0.1, 0.15) is 68.9 Å². The van der Waals surface area contributed by atoms with Gasteiger partial charge in [0.25, 0.3) is 0 Å². The fourth-order valence-electron chi connectivity index (χ4n) is 4.69. The lowest BCUT2D eigenvalue weighted by molar-refractivity contribution is -0.111. The molecule has 4 rings (SSSR count). The lowest BCUT2D eigenvalue weighted by Gasteiger charge is -2.05. The number of hydrogen-bond acceptors (Lipinski definition) is 6. The summed E-state index contributed by atoms with van der Waals surface area (Å²) >= 11 is 2.61. The molecule has 0 bridgehead atoms. The van der Waals surface area contributed by atoms with Crippen LogP contribution in [0.4, 0.5) is 0 Å². The van der Waals surface area contributed by atoms with E-state index in [1.165, 1.54) is 23.5 Å². The van der Waals surface area contributed by atoms with Crippen molar-refractivity contribution in [1.82, 2.24) is 0 Å². The van der Waals surface area contributed by atoms with E-state index in [0.717, 1.165) is 77.0 Å². The minimum absolute atomic E-state index is 0.200. The minimum Gasteiger partial charge on any atom is -0.287 e. The smallest absolute Gasteiger partial charge is 0.193 e. The lowest BCUT2D eigenvalue weighted by Crippen LogP contribution is -1.93. The second kappa shape index (κ2) is 17.1. The highest BCUT2D eigenvalue weighted by Crippen LogP contribution is 2.28. The summed E-state index contributed by atoms with van der Waals surface area (Å²) in [4.78, 5) is 26.7. The van der Waals surface area contributed by atoms with Gasteiger partial charge in [-0.15, -0.1) is 0 Å². The van der Waals surface area contributed by atoms with Gasteiger partial charge >= 0.3 is 0 Å². The first-order valence-corrected chi connectivity index (χ1v) is 16.3. The van der Waals surface area contributed by atoms with Crippen molar-refractivity contribution in [3.63, 3.8) is 0 Å². The van der Waals surface area contributed by atoms with Gasteiger partial charge in [-0.1, -0.05) is 104 Å². The number of carbonyl (C=O) groups excluding carboxylic acids is 2. The summed E-state index contributed by atoms with van der Waals surface area (Å²) in [5.74, 6) is 0. The van der Waals surface area contributed by atoms with Gasteiger partial charge < -0.3 is 0 Å². The molecule has 6 heteroatoms. The van der Waals surface area contributed by atoms with Crippen molar-refractivity contribution in [3.8, 4) is 34.4 Å². The van der Waals surface area contributed by atoms with Crippen molar-refractivity contribution in [2.45, 2.75) is 67.6 Å². The number of carbonyl (C=O) groups is 2. The van der Waals surface area contributed by atoms with Gasteiger partial charge in [-0.2, -0.15) is 10.5 Å². The third kappa shape index (κ3) is 10.6. The Morgan fingerprint density at radius 3 is 1.02 bits per heavy atom. The summed E-state index contributed by atoms with van der Waals surface area (Å²) in [6, 6.07) is 35.2. The number of hydrogen-bond donors (Lipinski definition) is 0. The van der Waals surface area contributed by atoms with Crippen molar-refractivity contribution in [2.75, 3.05) is 0 Å². The molecule has 4 nitrogen and oxygen atoms in total. The summed E-state index contributed by atoms with van der Waals surface area (Å²) in [6.07, 6.45) is 8.47. The summed E-state index contributed by atoms with van der Waals surface area (Å²) in [6.45, 7) is 0. The Morgan fingerprint density at radius 1 is 0.442 bits per heavy atom. The first-order chi connectivity index (χ1) is 21.0. The van der Waals surface area contributed by atoms with E-state index in [9.17, 15) is 9.59 Å². The molecule has 0 atom stereocenters. The average Bonchev–Trinajstić information content (AvgIpc) is 3.05. The fraction of sp³-hybridized carbons (Fsp3) is 0.243. The molecule has 0 spiro atoms. The Morgan fingerprint density at radius 2 is 0.721 bits per heavy atom. The van der Waals surface area contributed by atoms with Crippen molar-refractivity contribution < 1.29 is 9.59 Å². The van der Waals surface area contributed by atoms with Crippen LogP contribution in [0.3, 0.4) is 0 Å². The number of thioether (sulfide) groups is 2. The number of benzene rings is 4. The standard InChI is InChI=1S/C37H34N2O2S2/c38-26-28-10-14-30(15-11-28)32-18-22-34(23-19-32)42-36(40)8-6-4-2-1-3-5-7-9-37(41)43-35-24-20-33(21-25-35)31-16-12-29(27-39)13-17-31/h10-25H,1-9H2. The highest BCUT2D eigenvalue weighted by molar-refractivity contribution is 8.13. The third-order valence-electron chi connectivity index (χ3n) is 7.13. The Labute approximate surface area is 263 Å². The van der Waals surface area contributed by atoms with Crippen LogP contribution >= 0.6 is 23.5 Å². The molecule has 0 heterocycles. The molecule has 0 saturated heterocycles. The van der Waals surface area contributed by atoms with E-state index in [-0.39, 0.29) is 10.2 Å². The van der Waals surface area contributed by atoms with E-state index in [4.69, 9.17) is 10.5 Å². The van der Waals surface area contributed by atoms with Gasteiger partial charge in [0.05, 0.1) is 23.3 Å². The van der Waals surface area contributed by atoms with E-state index >= 15 is 0 Å². The van der Waals surface area contributed by atoms with Gasteiger partial charge in [-0.25, -0.2) is 0 Å². The van der Waals surface area contributed by atoms with Crippen molar-refractivity contribution in [2.24, 2.45) is 0 Å². The van der Waals surface area contributed by atoms with Gasteiger partial charge in [0.2, 0.25) is 0 Å². The summed E-state index contributed by atoms with van der Waals surface area (Å²) in [5.41, 5.74) is 5.52. The fourth-order valence-corrected chi connectivity index (χ4v) is 6.26. The Bertz CT molecular complexity index is 1440. The molecule has 0 aliphatic carbocycles. The predicted molar refractivity (Wildman–Crippen MR) is 176 cm³/mol. The van der Waals surface area contributed by atoms with Gasteiger partial charge in [0, 0.05) is 22.6 Å². The number of rotatable bonds is 14. The SMILES string of the molecule is N#Cc1ccc(-c2ccc(SC(=O)CCCCCCCCCC(=O)Sc3ccc(-c4ccc(C#N)cc4)cc3)cc2)cc1. The van der Waals surface area contributed by atoms with Gasteiger partial charge in [-0.05, 0) is 83.6 Å². The number of nitriles is 2. The predicted octanol–water partition coefficient (Wildman–Crippen LogP) is 10.2. The molecule has 0 radical (unpaired) electrons. The van der Waals surface area contributed by atoms with Crippen LogP contribution in [-0.4, -0.2) is 10.2 Å². The van der Waals surface area contributed by atoms with Crippen molar-refractivity contribution in [1.29, 1.82) is 10.5 Å². The maximum Gasteiger partial charge on any atom is 0.193 e. The van der Waals surface area contributed by atoms with Crippen LogP contribution in [0, 0.1) is 22.7 Å². The largest absolute Gasteiger partial charge is 0.287 e. The Balaban J connectivity index is 1.02. The van der Waals surface area contributed by atoms with Crippen molar-refractivity contribution >= 4 is 33.8 Å². The topological polar surface area (TPSA) is 81.7 Å². The monoisotopic (exact) mass is 602 g/mol. The second-order valence-electron chi connectivity index (χ2n) is 10.4. The van der Waals surface area contributed by atoms with E-state index < -0.39 is 0 Å². The molecule has 4 aromatic carbocycles. The highest BCUT2D eigenvalue weighted by Gasteiger charge is 2.08. The Kier molecular flexibility index (Phi) is 12.7. The second-order valence-corrected chi connectivity index (χ2v) is 12.6. The molecule has 0 aliphatic rings. The molecule has 0 fully saturated rings. The first kappa shape index (κ1) is 31.8. The number of unbranched alkanes of at least 4 members (excludes halogenated alkanes) is 6. The van der Waals surface area contributed by atoms with Crippen LogP contribution in [0.15, 0.2) is 107 Å². The first-order valence-electron chi connectivity index (χ1n) is 14.7. The van der Waals surface area contributed by atoms with Crippen LogP contribution in [0.2, 0.25) is 0 Å². The summed E-state index contributed by atoms with van der Waals surface area (Å²) < 4.78 is 0. The zero-order valence-electron chi connectivity index (χ0n) is 24.1. The summed E-state index contributed by atoms with van der Waals surface area (Å²) in [7, 11) is 0. The lowest BCUT2D eigenvalue weighted by atomic mass is 10.0. The molecule has 0 aromatic heterocycles. The Hall–Kier alpha value is -4.10. The van der Waals surface area contributed by atoms with Crippen LogP contribution in [0.25, 0.3) is 22.3 Å². The quantitative estimate of drug-likeness (QED) is 0.105. The molecule has 216 valence electrons. The van der Waals surface area contributed by atoms with E-state index in [2.05, 4.69) is 12.1 Å². The molecule has 0 amide bonds. The maximum absolute atomic E-state index is 12.4. The molecular weight excluding hydrogens is 569 g/mol. The normalized spacial score (nSPS) is 10.6. The van der Waals surface area contributed by atoms with E-state index in [1.807, 2.05) is 97.1 Å². The molecule has 0 unspecified atom stereocenters. The molecular formula is C37H34N2O2S2. The van der Waals surface area contributed by atoms with E-state index in [1.54, 1.807) is 0 Å². The zero-order chi connectivity index (χ0) is 30.3. The average molecular weight is 603 g/mol. The van der Waals surface area contributed by atoms with Gasteiger partial charge in [-0.3, -0.25) is 9.59 Å². The third-order valence-corrected chi connectivity index (χ3v) is 9.01. The molecule has 0 aliphatic heterocycles. The number of nitrogens with zero attached hydrogens (tertiary/aromatic N) is 2. The van der Waals surface area contributed by atoms with Crippen LogP contribution < -0.4 is 0 Å². The molecule has 4 aromatic rings. The van der Waals surface area contributed by atoms with Crippen LogP contribution in [-0.2, 0) is 9.59 Å². The van der Waals surface area contributed by atoms with Gasteiger partial charge in [0.15, 0.2) is 10.2 Å². The van der Waals surface area contributed by atoms with E-state index in [0.29, 0.717) is 24.0 Å². The highest BCUT2D eigenvalue weighted by atomic mass is 32.2. The van der Waals surface area contributed by atoms with Crippen LogP contribution in [0.5, 0.6) is 0 Å². The van der Waals surface area contributed by atoms with Gasteiger partial charge in [0.1, 0.15) is 0 Å². The molecule has 43 heavy (non-hydrogen) atoms. The zero-order valence-corrected chi connectivity index (χ0v) is 25.8. The molecule has 0 saturated carbocycles. The minimum atomic E-state index is 0.200.